The number of fused-ring (bicyclic) bond motifs is 1. The lowest BCUT2D eigenvalue weighted by molar-refractivity contribution is 0.0391. The summed E-state index contributed by atoms with van der Waals surface area (Å²) in [5.74, 6) is -0.0396. The molecular formula is C18H24N2O2. The lowest BCUT2D eigenvalue weighted by atomic mass is 9.92. The number of ether oxygens (including phenoxy) is 1. The normalized spacial score (nSPS) is 22.0. The lowest BCUT2D eigenvalue weighted by Crippen LogP contribution is -2.46. The first kappa shape index (κ1) is 15.1. The van der Waals surface area contributed by atoms with Gasteiger partial charge in [-0.1, -0.05) is 18.9 Å². The number of methoxy groups -OCH3 is 1. The highest BCUT2D eigenvalue weighted by Gasteiger charge is 2.27. The molecule has 1 aliphatic rings. The van der Waals surface area contributed by atoms with Crippen LogP contribution >= 0.6 is 0 Å². The van der Waals surface area contributed by atoms with Crippen molar-refractivity contribution in [1.82, 2.24) is 10.3 Å². The molecule has 0 bridgehead atoms. The molecule has 3 rings (SSSR count). The Morgan fingerprint density at radius 2 is 2.00 bits per heavy atom. The summed E-state index contributed by atoms with van der Waals surface area (Å²) in [6.45, 7) is 4.14. The van der Waals surface area contributed by atoms with Crippen molar-refractivity contribution in [1.29, 1.82) is 0 Å². The molecule has 4 heteroatoms. The predicted molar refractivity (Wildman–Crippen MR) is 88.3 cm³/mol. The summed E-state index contributed by atoms with van der Waals surface area (Å²) in [4.78, 5) is 15.8. The first-order valence-electron chi connectivity index (χ1n) is 8.02. The van der Waals surface area contributed by atoms with Crippen molar-refractivity contribution in [2.24, 2.45) is 0 Å². The van der Waals surface area contributed by atoms with Crippen LogP contribution < -0.4 is 5.32 Å². The van der Waals surface area contributed by atoms with Gasteiger partial charge in [-0.25, -0.2) is 0 Å². The number of hydrogen-bond donors (Lipinski definition) is 2. The number of aromatic amines is 1. The summed E-state index contributed by atoms with van der Waals surface area (Å²) in [6.07, 6.45) is 4.46. The van der Waals surface area contributed by atoms with Crippen LogP contribution in [0.15, 0.2) is 18.2 Å². The Bertz CT molecular complexity index is 690. The van der Waals surface area contributed by atoms with E-state index in [4.69, 9.17) is 4.74 Å². The minimum absolute atomic E-state index is 0.0396. The quantitative estimate of drug-likeness (QED) is 0.912. The monoisotopic (exact) mass is 300 g/mol. The second-order valence-electron chi connectivity index (χ2n) is 6.36. The van der Waals surface area contributed by atoms with Crippen molar-refractivity contribution in [2.45, 2.75) is 51.7 Å². The van der Waals surface area contributed by atoms with Crippen LogP contribution in [0.3, 0.4) is 0 Å². The Morgan fingerprint density at radius 1 is 1.23 bits per heavy atom. The van der Waals surface area contributed by atoms with Crippen LogP contribution in [0.4, 0.5) is 0 Å². The van der Waals surface area contributed by atoms with Crippen LogP contribution in [0.25, 0.3) is 10.9 Å². The maximum absolute atomic E-state index is 12.5. The van der Waals surface area contributed by atoms with E-state index in [1.54, 1.807) is 7.11 Å². The van der Waals surface area contributed by atoms with E-state index in [9.17, 15) is 4.79 Å². The Balaban J connectivity index is 1.81. The zero-order valence-electron chi connectivity index (χ0n) is 13.5. The number of aromatic nitrogens is 1. The third-order valence-corrected chi connectivity index (χ3v) is 4.66. The molecule has 0 aliphatic heterocycles. The average molecular weight is 300 g/mol. The van der Waals surface area contributed by atoms with Crippen molar-refractivity contribution >= 4 is 16.8 Å². The van der Waals surface area contributed by atoms with Gasteiger partial charge in [-0.05, 0) is 49.9 Å². The molecule has 1 fully saturated rings. The summed E-state index contributed by atoms with van der Waals surface area (Å²) in [7, 11) is 1.73. The molecule has 1 heterocycles. The summed E-state index contributed by atoms with van der Waals surface area (Å²) in [5.41, 5.74) is 4.04. The van der Waals surface area contributed by atoms with Gasteiger partial charge in [0.05, 0.1) is 12.1 Å². The van der Waals surface area contributed by atoms with E-state index in [1.165, 1.54) is 17.5 Å². The van der Waals surface area contributed by atoms with Gasteiger partial charge in [0.25, 0.3) is 5.91 Å². The Morgan fingerprint density at radius 3 is 2.77 bits per heavy atom. The number of benzene rings is 1. The van der Waals surface area contributed by atoms with Gasteiger partial charge in [0, 0.05) is 18.0 Å². The number of carbonyl (C=O) groups excluding carboxylic acids is 1. The Hall–Kier alpha value is -1.81. The van der Waals surface area contributed by atoms with Gasteiger partial charge in [0.15, 0.2) is 0 Å². The molecule has 2 atom stereocenters. The molecule has 4 nitrogen and oxygen atoms in total. The standard InChI is InChI=1S/C18H24N2O2/c1-11-8-12(2)13-10-16(19-15(13)9-11)18(21)20-14-6-4-5-7-17(14)22-3/h8-10,14,17,19H,4-7H2,1-3H3,(H,20,21). The van der Waals surface area contributed by atoms with Gasteiger partial charge < -0.3 is 15.0 Å². The van der Waals surface area contributed by atoms with Gasteiger partial charge in [0.2, 0.25) is 0 Å². The summed E-state index contributed by atoms with van der Waals surface area (Å²) in [5, 5.41) is 4.25. The fourth-order valence-corrected chi connectivity index (χ4v) is 3.51. The van der Waals surface area contributed by atoms with E-state index < -0.39 is 0 Å². The van der Waals surface area contributed by atoms with Gasteiger partial charge in [-0.2, -0.15) is 0 Å². The highest BCUT2D eigenvalue weighted by molar-refractivity contribution is 5.99. The molecule has 0 radical (unpaired) electrons. The number of amides is 1. The molecule has 2 aromatic rings. The van der Waals surface area contributed by atoms with E-state index in [-0.39, 0.29) is 18.1 Å². The highest BCUT2D eigenvalue weighted by Crippen LogP contribution is 2.23. The molecule has 1 aliphatic carbocycles. The maximum Gasteiger partial charge on any atom is 0.268 e. The fourth-order valence-electron chi connectivity index (χ4n) is 3.51. The van der Waals surface area contributed by atoms with E-state index in [2.05, 4.69) is 36.3 Å². The molecule has 118 valence electrons. The smallest absolute Gasteiger partial charge is 0.268 e. The summed E-state index contributed by atoms with van der Waals surface area (Å²) >= 11 is 0. The number of hydrogen-bond acceptors (Lipinski definition) is 2. The largest absolute Gasteiger partial charge is 0.379 e. The molecule has 1 amide bonds. The molecule has 2 unspecified atom stereocenters. The molecule has 0 spiro atoms. The van der Waals surface area contributed by atoms with Crippen molar-refractivity contribution in [2.75, 3.05) is 7.11 Å². The van der Waals surface area contributed by atoms with Crippen LogP contribution in [0, 0.1) is 13.8 Å². The number of aryl methyl sites for hydroxylation is 2. The fraction of sp³-hybridized carbons (Fsp3) is 0.500. The highest BCUT2D eigenvalue weighted by atomic mass is 16.5. The zero-order valence-corrected chi connectivity index (χ0v) is 13.5. The van der Waals surface area contributed by atoms with Crippen molar-refractivity contribution in [3.05, 3.63) is 35.0 Å². The van der Waals surface area contributed by atoms with Gasteiger partial charge in [-0.15, -0.1) is 0 Å². The topological polar surface area (TPSA) is 54.1 Å². The minimum atomic E-state index is -0.0396. The van der Waals surface area contributed by atoms with E-state index in [1.807, 2.05) is 6.07 Å². The van der Waals surface area contributed by atoms with Gasteiger partial charge >= 0.3 is 0 Å². The van der Waals surface area contributed by atoms with Crippen LogP contribution in [0.2, 0.25) is 0 Å². The van der Waals surface area contributed by atoms with Crippen LogP contribution in [0.1, 0.15) is 47.3 Å². The van der Waals surface area contributed by atoms with E-state index in [0.29, 0.717) is 5.69 Å². The predicted octanol–water partition coefficient (Wildman–Crippen LogP) is 3.47. The molecule has 22 heavy (non-hydrogen) atoms. The summed E-state index contributed by atoms with van der Waals surface area (Å²) < 4.78 is 5.51. The Kier molecular flexibility index (Phi) is 4.21. The number of rotatable bonds is 3. The van der Waals surface area contributed by atoms with Gasteiger partial charge in [-0.3, -0.25) is 4.79 Å². The third-order valence-electron chi connectivity index (χ3n) is 4.66. The Labute approximate surface area is 131 Å². The van der Waals surface area contributed by atoms with Crippen molar-refractivity contribution in [3.63, 3.8) is 0 Å². The molecule has 1 saturated carbocycles. The molecular weight excluding hydrogens is 276 g/mol. The van der Waals surface area contributed by atoms with Crippen LogP contribution in [-0.2, 0) is 4.74 Å². The first-order chi connectivity index (χ1) is 10.6. The van der Waals surface area contributed by atoms with Crippen molar-refractivity contribution < 1.29 is 9.53 Å². The minimum Gasteiger partial charge on any atom is -0.379 e. The maximum atomic E-state index is 12.5. The third kappa shape index (κ3) is 2.88. The zero-order chi connectivity index (χ0) is 15.7. The average Bonchev–Trinajstić information content (AvgIpc) is 2.92. The van der Waals surface area contributed by atoms with Crippen molar-refractivity contribution in [3.8, 4) is 0 Å². The van der Waals surface area contributed by atoms with Crippen LogP contribution in [0.5, 0.6) is 0 Å². The van der Waals surface area contributed by atoms with E-state index in [0.717, 1.165) is 30.2 Å². The number of carbonyl (C=O) groups is 1. The van der Waals surface area contributed by atoms with Crippen LogP contribution in [-0.4, -0.2) is 30.1 Å². The second-order valence-corrected chi connectivity index (χ2v) is 6.36. The molecule has 2 N–H and O–H groups in total. The lowest BCUT2D eigenvalue weighted by Gasteiger charge is -2.30. The summed E-state index contributed by atoms with van der Waals surface area (Å²) in [6, 6.07) is 6.28. The number of nitrogens with one attached hydrogen (secondary N) is 2. The molecule has 1 aromatic carbocycles. The molecule has 0 saturated heterocycles. The number of H-pyrrole nitrogens is 1. The van der Waals surface area contributed by atoms with E-state index >= 15 is 0 Å². The second kappa shape index (κ2) is 6.13. The van der Waals surface area contributed by atoms with Gasteiger partial charge in [0.1, 0.15) is 5.69 Å². The molecule has 1 aromatic heterocycles. The SMILES string of the molecule is COC1CCCCC1NC(=O)c1cc2c(C)cc(C)cc2[nH]1. The first-order valence-corrected chi connectivity index (χ1v) is 8.02.